The van der Waals surface area contributed by atoms with Gasteiger partial charge in [-0.3, -0.25) is 0 Å². The molecule has 0 spiro atoms. The molecule has 1 heterocycles. The van der Waals surface area contributed by atoms with Gasteiger partial charge in [0.2, 0.25) is 16.0 Å². The first-order chi connectivity index (χ1) is 6.50. The van der Waals surface area contributed by atoms with E-state index in [1.54, 1.807) is 18.5 Å². The van der Waals surface area contributed by atoms with Crippen molar-refractivity contribution >= 4 is 16.0 Å². The lowest BCUT2D eigenvalue weighted by Crippen LogP contribution is -2.32. The van der Waals surface area contributed by atoms with Crippen molar-refractivity contribution < 1.29 is 8.42 Å². The summed E-state index contributed by atoms with van der Waals surface area (Å²) >= 11 is 0. The number of primary sulfonamides is 1. The van der Waals surface area contributed by atoms with Gasteiger partial charge in [0.15, 0.2) is 0 Å². The van der Waals surface area contributed by atoms with Crippen molar-refractivity contribution in [3.63, 3.8) is 0 Å². The average molecular weight is 216 g/mol. The van der Waals surface area contributed by atoms with E-state index in [1.165, 1.54) is 6.92 Å². The molecule has 1 unspecified atom stereocenters. The smallest absolute Gasteiger partial charge is 0.222 e. The van der Waals surface area contributed by atoms with Crippen molar-refractivity contribution in [2.75, 3.05) is 11.9 Å². The fraction of sp³-hybridized carbons (Fsp3) is 0.429. The highest BCUT2D eigenvalue weighted by molar-refractivity contribution is 7.89. The number of hydrogen-bond donors (Lipinski definition) is 2. The minimum atomic E-state index is -3.49. The maximum absolute atomic E-state index is 10.8. The Morgan fingerprint density at radius 2 is 2.07 bits per heavy atom. The summed E-state index contributed by atoms with van der Waals surface area (Å²) in [5.41, 5.74) is 0. The highest BCUT2D eigenvalue weighted by Gasteiger charge is 2.14. The monoisotopic (exact) mass is 216 g/mol. The molecule has 14 heavy (non-hydrogen) atoms. The van der Waals surface area contributed by atoms with Gasteiger partial charge in [-0.2, -0.15) is 0 Å². The summed E-state index contributed by atoms with van der Waals surface area (Å²) < 4.78 is 21.7. The number of rotatable bonds is 4. The van der Waals surface area contributed by atoms with Crippen LogP contribution in [0.15, 0.2) is 18.5 Å². The van der Waals surface area contributed by atoms with Gasteiger partial charge in [-0.25, -0.2) is 23.5 Å². The summed E-state index contributed by atoms with van der Waals surface area (Å²) in [5.74, 6) is 0.392. The topological polar surface area (TPSA) is 98.0 Å². The van der Waals surface area contributed by atoms with Crippen LogP contribution in [0.25, 0.3) is 0 Å². The van der Waals surface area contributed by atoms with Crippen molar-refractivity contribution in [1.29, 1.82) is 0 Å². The van der Waals surface area contributed by atoms with E-state index < -0.39 is 15.3 Å². The van der Waals surface area contributed by atoms with Gasteiger partial charge < -0.3 is 5.32 Å². The van der Waals surface area contributed by atoms with E-state index in [2.05, 4.69) is 15.3 Å². The maximum Gasteiger partial charge on any atom is 0.222 e. The Bertz CT molecular complexity index is 378. The molecule has 0 aliphatic carbocycles. The van der Waals surface area contributed by atoms with Gasteiger partial charge in [0.05, 0.1) is 5.25 Å². The van der Waals surface area contributed by atoms with Crippen LogP contribution in [0.3, 0.4) is 0 Å². The second-order valence-electron chi connectivity index (χ2n) is 2.85. The molecule has 1 rings (SSSR count). The third-order valence-electron chi connectivity index (χ3n) is 1.67. The molecule has 7 heteroatoms. The molecule has 78 valence electrons. The number of nitrogens with one attached hydrogen (secondary N) is 1. The summed E-state index contributed by atoms with van der Waals surface area (Å²) in [4.78, 5) is 7.75. The van der Waals surface area contributed by atoms with Crippen LogP contribution >= 0.6 is 0 Å². The van der Waals surface area contributed by atoms with Crippen molar-refractivity contribution in [2.24, 2.45) is 5.14 Å². The molecule has 6 nitrogen and oxygen atoms in total. The molecule has 0 saturated carbocycles. The lowest BCUT2D eigenvalue weighted by Gasteiger charge is -2.09. The Hall–Kier alpha value is -1.21. The molecule has 0 fully saturated rings. The van der Waals surface area contributed by atoms with Crippen molar-refractivity contribution in [1.82, 2.24) is 9.97 Å². The van der Waals surface area contributed by atoms with E-state index in [9.17, 15) is 8.42 Å². The Labute approximate surface area is 82.6 Å². The largest absolute Gasteiger partial charge is 0.353 e. The van der Waals surface area contributed by atoms with Gasteiger partial charge in [0, 0.05) is 18.9 Å². The summed E-state index contributed by atoms with van der Waals surface area (Å²) in [6.07, 6.45) is 3.13. The third-order valence-corrected chi connectivity index (χ3v) is 2.96. The zero-order valence-electron chi connectivity index (χ0n) is 7.71. The Kier molecular flexibility index (Phi) is 3.37. The second kappa shape index (κ2) is 4.34. The van der Waals surface area contributed by atoms with E-state index >= 15 is 0 Å². The SMILES string of the molecule is CC(CNc1ncccn1)S(N)(=O)=O. The fourth-order valence-electron chi connectivity index (χ4n) is 0.742. The molecule has 0 bridgehead atoms. The molecular weight excluding hydrogens is 204 g/mol. The summed E-state index contributed by atoms with van der Waals surface area (Å²) in [7, 11) is -3.49. The number of aromatic nitrogens is 2. The van der Waals surface area contributed by atoms with Crippen molar-refractivity contribution in [3.8, 4) is 0 Å². The standard InChI is InChI=1S/C7H12N4O2S/c1-6(14(8,12)13)5-11-7-9-3-2-4-10-7/h2-4,6H,5H2,1H3,(H2,8,12,13)(H,9,10,11). The van der Waals surface area contributed by atoms with Crippen LogP contribution in [0.5, 0.6) is 0 Å². The summed E-state index contributed by atoms with van der Waals surface area (Å²) in [6, 6.07) is 1.67. The minimum Gasteiger partial charge on any atom is -0.353 e. The van der Waals surface area contributed by atoms with Gasteiger partial charge in [0.1, 0.15) is 0 Å². The Morgan fingerprint density at radius 1 is 1.50 bits per heavy atom. The van der Waals surface area contributed by atoms with E-state index in [-0.39, 0.29) is 6.54 Å². The fourth-order valence-corrected chi connectivity index (χ4v) is 1.06. The average Bonchev–Trinajstić information content (AvgIpc) is 2.14. The van der Waals surface area contributed by atoms with Crippen molar-refractivity contribution in [3.05, 3.63) is 18.5 Å². The zero-order valence-corrected chi connectivity index (χ0v) is 8.53. The number of anilines is 1. The van der Waals surface area contributed by atoms with Crippen LogP contribution in [0.1, 0.15) is 6.92 Å². The van der Waals surface area contributed by atoms with Gasteiger partial charge in [-0.15, -0.1) is 0 Å². The molecule has 1 aromatic heterocycles. The van der Waals surface area contributed by atoms with Crippen LogP contribution in [0.2, 0.25) is 0 Å². The van der Waals surface area contributed by atoms with Gasteiger partial charge in [-0.05, 0) is 13.0 Å². The molecule has 3 N–H and O–H groups in total. The summed E-state index contributed by atoms with van der Waals surface area (Å²) in [5, 5.41) is 7.04. The predicted octanol–water partition coefficient (Wildman–Crippen LogP) is -0.434. The normalized spacial score (nSPS) is 13.6. The molecule has 0 amide bonds. The minimum absolute atomic E-state index is 0.197. The van der Waals surface area contributed by atoms with E-state index in [1.807, 2.05) is 0 Å². The van der Waals surface area contributed by atoms with E-state index in [0.29, 0.717) is 5.95 Å². The Balaban J connectivity index is 2.50. The Morgan fingerprint density at radius 3 is 2.57 bits per heavy atom. The lowest BCUT2D eigenvalue weighted by atomic mass is 10.5. The predicted molar refractivity (Wildman–Crippen MR) is 53.1 cm³/mol. The van der Waals surface area contributed by atoms with Gasteiger partial charge >= 0.3 is 0 Å². The maximum atomic E-state index is 10.8. The molecule has 0 aliphatic rings. The van der Waals surface area contributed by atoms with Gasteiger partial charge in [-0.1, -0.05) is 0 Å². The van der Waals surface area contributed by atoms with E-state index in [0.717, 1.165) is 0 Å². The second-order valence-corrected chi connectivity index (χ2v) is 4.84. The van der Waals surface area contributed by atoms with Crippen LogP contribution in [0, 0.1) is 0 Å². The number of sulfonamides is 1. The third kappa shape index (κ3) is 3.27. The zero-order chi connectivity index (χ0) is 10.6. The van der Waals surface area contributed by atoms with Crippen LogP contribution < -0.4 is 10.5 Å². The quantitative estimate of drug-likeness (QED) is 0.711. The van der Waals surface area contributed by atoms with Gasteiger partial charge in [0.25, 0.3) is 0 Å². The summed E-state index contributed by atoms with van der Waals surface area (Å²) in [6.45, 7) is 1.72. The molecule has 0 aliphatic heterocycles. The van der Waals surface area contributed by atoms with Crippen molar-refractivity contribution in [2.45, 2.75) is 12.2 Å². The van der Waals surface area contributed by atoms with Crippen LogP contribution in [-0.4, -0.2) is 30.2 Å². The number of nitrogens with zero attached hydrogens (tertiary/aromatic N) is 2. The van der Waals surface area contributed by atoms with Crippen LogP contribution in [-0.2, 0) is 10.0 Å². The highest BCUT2D eigenvalue weighted by Crippen LogP contribution is 1.98. The molecule has 0 radical (unpaired) electrons. The first-order valence-electron chi connectivity index (χ1n) is 4.02. The lowest BCUT2D eigenvalue weighted by molar-refractivity contribution is 0.587. The molecule has 0 saturated heterocycles. The molecular formula is C7H12N4O2S. The molecule has 1 aromatic rings. The molecule has 0 aromatic carbocycles. The number of hydrogen-bond acceptors (Lipinski definition) is 5. The van der Waals surface area contributed by atoms with E-state index in [4.69, 9.17) is 5.14 Å². The number of nitrogens with two attached hydrogens (primary N) is 1. The highest BCUT2D eigenvalue weighted by atomic mass is 32.2. The van der Waals surface area contributed by atoms with Crippen LogP contribution in [0.4, 0.5) is 5.95 Å². The molecule has 1 atom stereocenters. The first-order valence-corrected chi connectivity index (χ1v) is 5.63. The first kappa shape index (κ1) is 10.9.